The number of halogens is 1. The second-order valence-electron chi connectivity index (χ2n) is 6.27. The van der Waals surface area contributed by atoms with Gasteiger partial charge in [-0.05, 0) is 24.7 Å². The molecule has 0 saturated heterocycles. The Balaban J connectivity index is 2.11. The fraction of sp³-hybridized carbons (Fsp3) is 0.714. The molecule has 1 N–H and O–H groups in total. The molecule has 0 spiro atoms. The summed E-state index contributed by atoms with van der Waals surface area (Å²) in [7, 11) is 0. The van der Waals surface area contributed by atoms with Crippen molar-refractivity contribution in [1.82, 2.24) is 9.97 Å². The quantitative estimate of drug-likeness (QED) is 0.838. The highest BCUT2D eigenvalue weighted by molar-refractivity contribution is 6.30. The SMILES string of the molecule is Cc1c(Cl)nc(C(C)C)nc1NCC1CC1(C)C. The molecule has 1 unspecified atom stereocenters. The van der Waals surface area contributed by atoms with E-state index in [1.165, 1.54) is 6.42 Å². The van der Waals surface area contributed by atoms with Gasteiger partial charge in [0.1, 0.15) is 16.8 Å². The van der Waals surface area contributed by atoms with Gasteiger partial charge in [0.2, 0.25) is 0 Å². The van der Waals surface area contributed by atoms with Gasteiger partial charge in [-0.1, -0.05) is 39.3 Å². The van der Waals surface area contributed by atoms with Crippen LogP contribution < -0.4 is 5.32 Å². The molecule has 1 fully saturated rings. The Labute approximate surface area is 114 Å². The van der Waals surface area contributed by atoms with Gasteiger partial charge in [-0.3, -0.25) is 0 Å². The molecule has 0 aromatic carbocycles. The normalized spacial score (nSPS) is 21.2. The molecule has 1 atom stereocenters. The lowest BCUT2D eigenvalue weighted by Crippen LogP contribution is -2.12. The summed E-state index contributed by atoms with van der Waals surface area (Å²) in [6.07, 6.45) is 1.29. The van der Waals surface area contributed by atoms with Crippen molar-refractivity contribution in [3.8, 4) is 0 Å². The number of aromatic nitrogens is 2. The highest BCUT2D eigenvalue weighted by atomic mass is 35.5. The smallest absolute Gasteiger partial charge is 0.137 e. The van der Waals surface area contributed by atoms with Crippen LogP contribution in [0.25, 0.3) is 0 Å². The molecule has 3 nitrogen and oxygen atoms in total. The van der Waals surface area contributed by atoms with Crippen molar-refractivity contribution in [2.24, 2.45) is 11.3 Å². The van der Waals surface area contributed by atoms with E-state index >= 15 is 0 Å². The van der Waals surface area contributed by atoms with E-state index in [0.29, 0.717) is 16.5 Å². The number of hydrogen-bond acceptors (Lipinski definition) is 3. The Morgan fingerprint density at radius 2 is 2.00 bits per heavy atom. The number of rotatable bonds is 4. The standard InChI is InChI=1S/C14H22ClN3/c1-8(2)12-17-11(15)9(3)13(18-12)16-7-10-6-14(10,4)5/h8,10H,6-7H2,1-5H3,(H,16,17,18). The van der Waals surface area contributed by atoms with Crippen LogP contribution in [0.4, 0.5) is 5.82 Å². The van der Waals surface area contributed by atoms with Gasteiger partial charge in [-0.25, -0.2) is 9.97 Å². The predicted molar refractivity (Wildman–Crippen MR) is 76.2 cm³/mol. The van der Waals surface area contributed by atoms with Crippen LogP contribution in [-0.2, 0) is 0 Å². The average molecular weight is 268 g/mol. The third-order valence-corrected chi connectivity index (χ3v) is 4.22. The van der Waals surface area contributed by atoms with E-state index in [0.717, 1.165) is 29.7 Å². The van der Waals surface area contributed by atoms with Crippen molar-refractivity contribution in [2.75, 3.05) is 11.9 Å². The van der Waals surface area contributed by atoms with Crippen molar-refractivity contribution in [3.63, 3.8) is 0 Å². The molecule has 100 valence electrons. The molecule has 1 aliphatic rings. The van der Waals surface area contributed by atoms with E-state index in [1.807, 2.05) is 6.92 Å². The van der Waals surface area contributed by atoms with E-state index < -0.39 is 0 Å². The molecule has 0 aliphatic heterocycles. The second kappa shape index (κ2) is 4.69. The minimum Gasteiger partial charge on any atom is -0.369 e. The molecular weight excluding hydrogens is 246 g/mol. The van der Waals surface area contributed by atoms with Crippen LogP contribution >= 0.6 is 11.6 Å². The van der Waals surface area contributed by atoms with Crippen LogP contribution in [0.5, 0.6) is 0 Å². The van der Waals surface area contributed by atoms with Crippen molar-refractivity contribution in [2.45, 2.75) is 47.0 Å². The number of anilines is 1. The molecule has 18 heavy (non-hydrogen) atoms. The number of nitrogens with zero attached hydrogens (tertiary/aromatic N) is 2. The zero-order valence-corrected chi connectivity index (χ0v) is 12.6. The fourth-order valence-corrected chi connectivity index (χ4v) is 2.26. The monoisotopic (exact) mass is 267 g/mol. The van der Waals surface area contributed by atoms with Crippen LogP contribution in [0.3, 0.4) is 0 Å². The zero-order valence-electron chi connectivity index (χ0n) is 11.8. The van der Waals surface area contributed by atoms with Crippen molar-refractivity contribution in [1.29, 1.82) is 0 Å². The third kappa shape index (κ3) is 2.77. The van der Waals surface area contributed by atoms with Crippen LogP contribution in [-0.4, -0.2) is 16.5 Å². The van der Waals surface area contributed by atoms with Gasteiger partial charge in [0.25, 0.3) is 0 Å². The third-order valence-electron chi connectivity index (χ3n) is 3.85. The molecule has 1 aromatic heterocycles. The van der Waals surface area contributed by atoms with E-state index in [4.69, 9.17) is 11.6 Å². The predicted octanol–water partition coefficient (Wildman–Crippen LogP) is 4.02. The first-order chi connectivity index (χ1) is 8.31. The largest absolute Gasteiger partial charge is 0.369 e. The highest BCUT2D eigenvalue weighted by Gasteiger charge is 2.45. The molecule has 0 radical (unpaired) electrons. The molecule has 1 aliphatic carbocycles. The van der Waals surface area contributed by atoms with Crippen molar-refractivity contribution in [3.05, 3.63) is 16.5 Å². The second-order valence-corrected chi connectivity index (χ2v) is 6.63. The van der Waals surface area contributed by atoms with Crippen LogP contribution in [0.1, 0.15) is 51.4 Å². The highest BCUT2D eigenvalue weighted by Crippen LogP contribution is 2.51. The summed E-state index contributed by atoms with van der Waals surface area (Å²) in [5.74, 6) is 2.73. The maximum atomic E-state index is 6.16. The van der Waals surface area contributed by atoms with Crippen LogP contribution in [0.15, 0.2) is 0 Å². The molecule has 0 bridgehead atoms. The minimum absolute atomic E-state index is 0.293. The Kier molecular flexibility index (Phi) is 3.54. The van der Waals surface area contributed by atoms with Gasteiger partial charge < -0.3 is 5.32 Å². The number of nitrogens with one attached hydrogen (secondary N) is 1. The van der Waals surface area contributed by atoms with Crippen molar-refractivity contribution >= 4 is 17.4 Å². The molecular formula is C14H22ClN3. The minimum atomic E-state index is 0.293. The molecule has 0 amide bonds. The fourth-order valence-electron chi connectivity index (χ4n) is 2.08. The molecule has 2 rings (SSSR count). The first-order valence-electron chi connectivity index (χ1n) is 6.59. The Bertz CT molecular complexity index is 455. The van der Waals surface area contributed by atoms with Gasteiger partial charge in [-0.2, -0.15) is 0 Å². The zero-order chi connectivity index (χ0) is 13.5. The summed E-state index contributed by atoms with van der Waals surface area (Å²) >= 11 is 6.16. The first kappa shape index (κ1) is 13.6. The van der Waals surface area contributed by atoms with Gasteiger partial charge >= 0.3 is 0 Å². The lowest BCUT2D eigenvalue weighted by Gasteiger charge is -2.13. The van der Waals surface area contributed by atoms with E-state index in [9.17, 15) is 0 Å². The average Bonchev–Trinajstić information content (AvgIpc) is 2.88. The maximum absolute atomic E-state index is 6.16. The summed E-state index contributed by atoms with van der Waals surface area (Å²) in [5.41, 5.74) is 1.43. The summed E-state index contributed by atoms with van der Waals surface area (Å²) in [6.45, 7) is 11.7. The van der Waals surface area contributed by atoms with Crippen molar-refractivity contribution < 1.29 is 0 Å². The van der Waals surface area contributed by atoms with Crippen LogP contribution in [0.2, 0.25) is 5.15 Å². The molecule has 1 aromatic rings. The summed E-state index contributed by atoms with van der Waals surface area (Å²) in [6, 6.07) is 0. The van der Waals surface area contributed by atoms with E-state index in [2.05, 4.69) is 43.0 Å². The first-order valence-corrected chi connectivity index (χ1v) is 6.97. The maximum Gasteiger partial charge on any atom is 0.137 e. The Morgan fingerprint density at radius 1 is 1.39 bits per heavy atom. The Morgan fingerprint density at radius 3 is 2.50 bits per heavy atom. The lowest BCUT2D eigenvalue weighted by molar-refractivity contribution is 0.572. The van der Waals surface area contributed by atoms with Gasteiger partial charge in [0, 0.05) is 18.0 Å². The van der Waals surface area contributed by atoms with Gasteiger partial charge in [0.15, 0.2) is 0 Å². The lowest BCUT2D eigenvalue weighted by atomic mass is 10.1. The molecule has 1 saturated carbocycles. The van der Waals surface area contributed by atoms with Gasteiger partial charge in [0.05, 0.1) is 0 Å². The number of hydrogen-bond donors (Lipinski definition) is 1. The summed E-state index contributed by atoms with van der Waals surface area (Å²) in [4.78, 5) is 8.89. The van der Waals surface area contributed by atoms with Crippen LogP contribution in [0, 0.1) is 18.3 Å². The Hall–Kier alpha value is -0.830. The topological polar surface area (TPSA) is 37.8 Å². The van der Waals surface area contributed by atoms with Gasteiger partial charge in [-0.15, -0.1) is 0 Å². The summed E-state index contributed by atoms with van der Waals surface area (Å²) in [5, 5.41) is 3.99. The summed E-state index contributed by atoms with van der Waals surface area (Å²) < 4.78 is 0. The molecule has 1 heterocycles. The van der Waals surface area contributed by atoms with E-state index in [1.54, 1.807) is 0 Å². The van der Waals surface area contributed by atoms with E-state index in [-0.39, 0.29) is 0 Å². The molecule has 4 heteroatoms.